The summed E-state index contributed by atoms with van der Waals surface area (Å²) in [6.45, 7) is 5.10. The number of piperidine rings is 1. The zero-order chi connectivity index (χ0) is 24.4. The Hall–Kier alpha value is -3.03. The number of fused-ring (bicyclic) bond motifs is 2. The maximum absolute atomic E-state index is 11.2. The zero-order valence-electron chi connectivity index (χ0n) is 19.8. The third kappa shape index (κ3) is 5.31. The largest absolute Gasteiger partial charge is 0.488 e. The zero-order valence-corrected chi connectivity index (χ0v) is 20.6. The number of nitrogens with zero attached hydrogens (tertiary/aromatic N) is 2. The second kappa shape index (κ2) is 10.3. The highest BCUT2D eigenvalue weighted by Crippen LogP contribution is 2.35. The van der Waals surface area contributed by atoms with Gasteiger partial charge in [0.2, 0.25) is 0 Å². The molecule has 1 saturated heterocycles. The Labute approximate surface area is 209 Å². The van der Waals surface area contributed by atoms with Gasteiger partial charge in [0.1, 0.15) is 29.4 Å². The van der Waals surface area contributed by atoms with Crippen molar-refractivity contribution in [1.29, 1.82) is 0 Å². The molecule has 8 heteroatoms. The van der Waals surface area contributed by atoms with Gasteiger partial charge < -0.3 is 14.6 Å². The van der Waals surface area contributed by atoms with E-state index in [9.17, 15) is 9.90 Å². The molecule has 1 fully saturated rings. The Kier molecular flexibility index (Phi) is 6.97. The lowest BCUT2D eigenvalue weighted by Crippen LogP contribution is -2.38. The third-order valence-electron chi connectivity index (χ3n) is 6.85. The summed E-state index contributed by atoms with van der Waals surface area (Å²) >= 11 is 6.25. The lowest BCUT2D eigenvalue weighted by atomic mass is 9.96. The molecule has 0 aliphatic carbocycles. The molecule has 35 heavy (non-hydrogen) atoms. The van der Waals surface area contributed by atoms with E-state index >= 15 is 0 Å². The molecule has 0 amide bonds. The molecule has 3 aromatic rings. The molecule has 2 aromatic carbocycles. The van der Waals surface area contributed by atoms with Gasteiger partial charge in [-0.1, -0.05) is 31.0 Å². The van der Waals surface area contributed by atoms with Crippen molar-refractivity contribution in [2.24, 2.45) is 5.92 Å². The van der Waals surface area contributed by atoms with E-state index < -0.39 is 5.97 Å². The SMILES string of the molecule is CCCC(Oc1ccc2c(c1)OCC(CN1CCC(C(=O)O)CC1)=C2)c1ccc2n[nH]c(Cl)c2c1. The van der Waals surface area contributed by atoms with Gasteiger partial charge in [0.05, 0.1) is 11.4 Å². The fourth-order valence-electron chi connectivity index (χ4n) is 4.90. The molecule has 5 rings (SSSR count). The minimum Gasteiger partial charge on any atom is -0.488 e. The maximum atomic E-state index is 11.2. The van der Waals surface area contributed by atoms with Gasteiger partial charge in [-0.25, -0.2) is 0 Å². The maximum Gasteiger partial charge on any atom is 0.306 e. The molecule has 0 bridgehead atoms. The summed E-state index contributed by atoms with van der Waals surface area (Å²) in [7, 11) is 0. The Morgan fingerprint density at radius 1 is 1.29 bits per heavy atom. The van der Waals surface area contributed by atoms with Crippen LogP contribution in [-0.4, -0.2) is 52.4 Å². The number of ether oxygens (including phenoxy) is 2. The lowest BCUT2D eigenvalue weighted by Gasteiger charge is -2.31. The number of carbonyl (C=O) groups is 1. The van der Waals surface area contributed by atoms with Crippen LogP contribution < -0.4 is 9.47 Å². The molecule has 1 atom stereocenters. The summed E-state index contributed by atoms with van der Waals surface area (Å²) in [6, 6.07) is 12.1. The Bertz CT molecular complexity index is 1250. The first kappa shape index (κ1) is 23.7. The topological polar surface area (TPSA) is 87.7 Å². The number of halogens is 1. The Morgan fingerprint density at radius 2 is 2.11 bits per heavy atom. The predicted molar refractivity (Wildman–Crippen MR) is 136 cm³/mol. The van der Waals surface area contributed by atoms with Crippen LogP contribution in [0.5, 0.6) is 11.5 Å². The molecular formula is C27H30ClN3O4. The van der Waals surface area contributed by atoms with Crippen LogP contribution in [0.2, 0.25) is 5.15 Å². The molecule has 7 nitrogen and oxygen atoms in total. The number of nitrogens with one attached hydrogen (secondary N) is 1. The smallest absolute Gasteiger partial charge is 0.306 e. The van der Waals surface area contributed by atoms with Crippen LogP contribution in [0.4, 0.5) is 0 Å². The van der Waals surface area contributed by atoms with Gasteiger partial charge in [0.25, 0.3) is 0 Å². The van der Waals surface area contributed by atoms with Gasteiger partial charge in [-0.15, -0.1) is 0 Å². The van der Waals surface area contributed by atoms with Crippen molar-refractivity contribution in [3.63, 3.8) is 0 Å². The molecule has 0 spiro atoms. The van der Waals surface area contributed by atoms with E-state index in [1.807, 2.05) is 36.4 Å². The van der Waals surface area contributed by atoms with E-state index in [1.54, 1.807) is 0 Å². The molecule has 1 aromatic heterocycles. The number of aliphatic carboxylic acids is 1. The van der Waals surface area contributed by atoms with E-state index in [4.69, 9.17) is 21.1 Å². The van der Waals surface area contributed by atoms with Gasteiger partial charge in [-0.3, -0.25) is 14.8 Å². The Morgan fingerprint density at radius 3 is 2.89 bits per heavy atom. The summed E-state index contributed by atoms with van der Waals surface area (Å²) in [5, 5.41) is 17.7. The van der Waals surface area contributed by atoms with Crippen LogP contribution >= 0.6 is 11.6 Å². The van der Waals surface area contributed by atoms with Gasteiger partial charge in [0, 0.05) is 23.6 Å². The fraction of sp³-hybridized carbons (Fsp3) is 0.407. The van der Waals surface area contributed by atoms with E-state index in [0.717, 1.165) is 66.0 Å². The lowest BCUT2D eigenvalue weighted by molar-refractivity contribution is -0.143. The van der Waals surface area contributed by atoms with Crippen LogP contribution in [0, 0.1) is 5.92 Å². The van der Waals surface area contributed by atoms with Crippen LogP contribution in [0.15, 0.2) is 42.0 Å². The molecule has 2 aliphatic rings. The number of carboxylic acid groups (broad SMARTS) is 1. The predicted octanol–water partition coefficient (Wildman–Crippen LogP) is 5.71. The number of hydrogen-bond acceptors (Lipinski definition) is 5. The first-order valence-corrected chi connectivity index (χ1v) is 12.6. The second-order valence-corrected chi connectivity index (χ2v) is 9.77. The van der Waals surface area contributed by atoms with Crippen molar-refractivity contribution in [3.05, 3.63) is 58.3 Å². The number of benzene rings is 2. The quantitative estimate of drug-likeness (QED) is 0.416. The van der Waals surface area contributed by atoms with Crippen molar-refractivity contribution in [2.75, 3.05) is 26.2 Å². The molecule has 0 saturated carbocycles. The van der Waals surface area contributed by atoms with E-state index in [1.165, 1.54) is 5.57 Å². The number of aromatic nitrogens is 2. The molecule has 2 N–H and O–H groups in total. The summed E-state index contributed by atoms with van der Waals surface area (Å²) in [5.74, 6) is 0.702. The normalized spacial score (nSPS) is 17.5. The first-order chi connectivity index (χ1) is 17.0. The van der Waals surface area contributed by atoms with E-state index in [0.29, 0.717) is 24.6 Å². The van der Waals surface area contributed by atoms with E-state index in [-0.39, 0.29) is 12.0 Å². The standard InChI is InChI=1S/C27H30ClN3O4/c1-2-3-24(20-5-7-23-22(13-20)26(28)30-29-23)35-21-6-4-19-12-17(16-34-25(19)14-21)15-31-10-8-18(9-11-31)27(32)33/h4-7,12-14,18,24H,2-3,8-11,15-16H2,1H3,(H,29,30)(H,32,33). The van der Waals surface area contributed by atoms with Crippen LogP contribution in [0.1, 0.15) is 49.8 Å². The van der Waals surface area contributed by atoms with Crippen molar-refractivity contribution in [2.45, 2.75) is 38.7 Å². The van der Waals surface area contributed by atoms with Crippen LogP contribution in [0.3, 0.4) is 0 Å². The minimum absolute atomic E-state index is 0.100. The number of rotatable bonds is 8. The molecule has 0 radical (unpaired) electrons. The molecular weight excluding hydrogens is 466 g/mol. The van der Waals surface area contributed by atoms with E-state index in [2.05, 4.69) is 28.1 Å². The number of H-pyrrole nitrogens is 1. The monoisotopic (exact) mass is 495 g/mol. The highest BCUT2D eigenvalue weighted by atomic mass is 35.5. The molecule has 2 aliphatic heterocycles. The van der Waals surface area contributed by atoms with Crippen LogP contribution in [0.25, 0.3) is 17.0 Å². The highest BCUT2D eigenvalue weighted by Gasteiger charge is 2.25. The second-order valence-electron chi connectivity index (χ2n) is 9.39. The molecule has 3 heterocycles. The van der Waals surface area contributed by atoms with Crippen molar-refractivity contribution < 1.29 is 19.4 Å². The molecule has 184 valence electrons. The minimum atomic E-state index is -0.677. The number of likely N-dealkylation sites (tertiary alicyclic amines) is 1. The van der Waals surface area contributed by atoms with Crippen LogP contribution in [-0.2, 0) is 4.79 Å². The van der Waals surface area contributed by atoms with Crippen molar-refractivity contribution in [3.8, 4) is 11.5 Å². The third-order valence-corrected chi connectivity index (χ3v) is 7.14. The average Bonchev–Trinajstić information content (AvgIpc) is 3.24. The summed E-state index contributed by atoms with van der Waals surface area (Å²) in [4.78, 5) is 13.5. The van der Waals surface area contributed by atoms with Crippen molar-refractivity contribution >= 4 is 34.5 Å². The average molecular weight is 496 g/mol. The van der Waals surface area contributed by atoms with Gasteiger partial charge in [-0.2, -0.15) is 5.10 Å². The highest BCUT2D eigenvalue weighted by molar-refractivity contribution is 6.34. The number of carboxylic acids is 1. The fourth-order valence-corrected chi connectivity index (χ4v) is 5.09. The van der Waals surface area contributed by atoms with Crippen molar-refractivity contribution in [1.82, 2.24) is 15.1 Å². The first-order valence-electron chi connectivity index (χ1n) is 12.2. The summed E-state index contributed by atoms with van der Waals surface area (Å²) in [5.41, 5.74) is 4.15. The van der Waals surface area contributed by atoms with Gasteiger partial charge in [0.15, 0.2) is 0 Å². The number of aromatic amines is 1. The summed E-state index contributed by atoms with van der Waals surface area (Å²) < 4.78 is 12.5. The Balaban J connectivity index is 1.27. The van der Waals surface area contributed by atoms with Gasteiger partial charge >= 0.3 is 5.97 Å². The number of hydrogen-bond donors (Lipinski definition) is 2. The van der Waals surface area contributed by atoms with Gasteiger partial charge in [-0.05, 0) is 73.8 Å². The summed E-state index contributed by atoms with van der Waals surface area (Å²) in [6.07, 6.45) is 5.36. The molecule has 1 unspecified atom stereocenters.